The number of hydrogen-bond acceptors (Lipinski definition) is 5. The van der Waals surface area contributed by atoms with Crippen LogP contribution >= 0.6 is 34.0 Å². The Hall–Kier alpha value is -4.36. The summed E-state index contributed by atoms with van der Waals surface area (Å²) in [7, 11) is 0. The lowest BCUT2D eigenvalue weighted by Crippen LogP contribution is -2.09. The Bertz CT molecular complexity index is 2790. The fourth-order valence-corrected chi connectivity index (χ4v) is 11.2. The van der Waals surface area contributed by atoms with Gasteiger partial charge in [0.15, 0.2) is 0 Å². The van der Waals surface area contributed by atoms with Gasteiger partial charge in [0.05, 0.1) is 25.7 Å². The van der Waals surface area contributed by atoms with Gasteiger partial charge in [-0.25, -0.2) is 9.97 Å². The summed E-state index contributed by atoms with van der Waals surface area (Å²) in [5.74, 6) is 0. The number of rotatable bonds is 3. The first kappa shape index (κ1) is 31.6. The van der Waals surface area contributed by atoms with E-state index in [1.54, 1.807) is 0 Å². The Balaban J connectivity index is 1.32. The molecule has 0 unspecified atom stereocenters. The summed E-state index contributed by atoms with van der Waals surface area (Å²) in [6.45, 7) is 18.4. The van der Waals surface area contributed by atoms with E-state index in [1.807, 2.05) is 34.0 Å². The summed E-state index contributed by atoms with van der Waals surface area (Å²) in [6.07, 6.45) is 0. The molecule has 1 N–H and O–H groups in total. The zero-order valence-electron chi connectivity index (χ0n) is 29.7. The first-order chi connectivity index (χ1) is 23.9. The number of nitrogens with one attached hydrogen (secondary N) is 1. The summed E-state index contributed by atoms with van der Waals surface area (Å²) in [6, 6.07) is 30.6. The molecule has 4 aromatic carbocycles. The lowest BCUT2D eigenvalue weighted by atomic mass is 9.93. The number of hydrogen-bond donors (Lipinski definition) is 1. The van der Waals surface area contributed by atoms with Crippen LogP contribution in [0.1, 0.15) is 62.4 Å². The molecule has 0 spiro atoms. The van der Waals surface area contributed by atoms with Gasteiger partial charge in [0.1, 0.15) is 11.0 Å². The minimum absolute atomic E-state index is 0.103. The SMILES string of the molecule is Cc1c(C)c2cc(C(C)(C)C)sc2c2sc(-c3sc(C(C)(C)C)c4nc(-c5ccc6c(c5)[nH]c5ccccc56)c(-c5ccccc5)nc34)cc12. The predicted molar refractivity (Wildman–Crippen MR) is 221 cm³/mol. The smallest absolute Gasteiger partial charge is 0.109 e. The number of benzene rings is 4. The molecule has 3 nitrogen and oxygen atoms in total. The van der Waals surface area contributed by atoms with E-state index in [4.69, 9.17) is 9.97 Å². The number of H-pyrrole nitrogens is 1. The molecule has 248 valence electrons. The third-order valence-corrected chi connectivity index (χ3v) is 14.7. The summed E-state index contributed by atoms with van der Waals surface area (Å²) in [4.78, 5) is 20.0. The van der Waals surface area contributed by atoms with Crippen molar-refractivity contribution in [1.82, 2.24) is 15.0 Å². The van der Waals surface area contributed by atoms with Crippen molar-refractivity contribution in [2.75, 3.05) is 0 Å². The van der Waals surface area contributed by atoms with E-state index in [0.29, 0.717) is 0 Å². The summed E-state index contributed by atoms with van der Waals surface area (Å²) in [5.41, 5.74) is 11.0. The molecule has 0 bridgehead atoms. The number of aryl methyl sites for hydroxylation is 2. The summed E-state index contributed by atoms with van der Waals surface area (Å²) in [5, 5.41) is 5.21. The third kappa shape index (κ3) is 4.87. The molecule has 6 heteroatoms. The molecule has 0 atom stereocenters. The van der Waals surface area contributed by atoms with Gasteiger partial charge < -0.3 is 4.98 Å². The highest BCUT2D eigenvalue weighted by molar-refractivity contribution is 7.31. The van der Waals surface area contributed by atoms with Gasteiger partial charge in [-0.3, -0.25) is 0 Å². The Labute approximate surface area is 304 Å². The second-order valence-corrected chi connectivity index (χ2v) is 18.8. The lowest BCUT2D eigenvalue weighted by Gasteiger charge is -2.17. The van der Waals surface area contributed by atoms with Crippen LogP contribution in [-0.2, 0) is 10.8 Å². The molecule has 0 radical (unpaired) electrons. The van der Waals surface area contributed by atoms with E-state index in [2.05, 4.69) is 145 Å². The third-order valence-electron chi connectivity index (χ3n) is 10.0. The minimum atomic E-state index is -0.103. The molecule has 0 aliphatic heterocycles. The van der Waals surface area contributed by atoms with Crippen LogP contribution in [0, 0.1) is 13.8 Å². The molecule has 0 aliphatic rings. The second kappa shape index (κ2) is 11.1. The van der Waals surface area contributed by atoms with E-state index in [-0.39, 0.29) is 10.8 Å². The maximum absolute atomic E-state index is 5.61. The molecule has 5 heterocycles. The Morgan fingerprint density at radius 3 is 1.92 bits per heavy atom. The molecule has 0 fully saturated rings. The number of fused-ring (bicyclic) bond motifs is 7. The van der Waals surface area contributed by atoms with Crippen LogP contribution in [0.4, 0.5) is 0 Å². The first-order valence-electron chi connectivity index (χ1n) is 17.2. The zero-order valence-corrected chi connectivity index (χ0v) is 32.2. The number of aromatic nitrogens is 3. The monoisotopic (exact) mass is 705 g/mol. The molecule has 0 saturated heterocycles. The second-order valence-electron chi connectivity index (χ2n) is 15.6. The summed E-state index contributed by atoms with van der Waals surface area (Å²) >= 11 is 5.75. The Morgan fingerprint density at radius 1 is 0.540 bits per heavy atom. The van der Waals surface area contributed by atoms with Gasteiger partial charge in [-0.15, -0.1) is 34.0 Å². The van der Waals surface area contributed by atoms with Crippen LogP contribution in [0.5, 0.6) is 0 Å². The zero-order chi connectivity index (χ0) is 34.7. The van der Waals surface area contributed by atoms with E-state index < -0.39 is 0 Å². The topological polar surface area (TPSA) is 41.6 Å². The van der Waals surface area contributed by atoms with Crippen molar-refractivity contribution in [2.24, 2.45) is 0 Å². The lowest BCUT2D eigenvalue weighted by molar-refractivity contribution is 0.604. The molecule has 0 aliphatic carbocycles. The number of aromatic amines is 1. The van der Waals surface area contributed by atoms with Gasteiger partial charge in [-0.2, -0.15) is 0 Å². The highest BCUT2D eigenvalue weighted by atomic mass is 32.1. The number of nitrogens with zero attached hydrogens (tertiary/aromatic N) is 2. The average Bonchev–Trinajstić information content (AvgIpc) is 3.88. The van der Waals surface area contributed by atoms with Crippen molar-refractivity contribution >= 4 is 87.0 Å². The number of thiophene rings is 3. The molecule has 9 aromatic rings. The van der Waals surface area contributed by atoms with Gasteiger partial charge in [0, 0.05) is 47.6 Å². The van der Waals surface area contributed by atoms with Crippen molar-refractivity contribution in [2.45, 2.75) is 66.2 Å². The van der Waals surface area contributed by atoms with Gasteiger partial charge in [-0.05, 0) is 70.8 Å². The van der Waals surface area contributed by atoms with E-state index in [0.717, 1.165) is 44.6 Å². The highest BCUT2D eigenvalue weighted by Crippen LogP contribution is 2.51. The van der Waals surface area contributed by atoms with Crippen molar-refractivity contribution < 1.29 is 0 Å². The Morgan fingerprint density at radius 2 is 1.18 bits per heavy atom. The highest BCUT2D eigenvalue weighted by Gasteiger charge is 2.29. The van der Waals surface area contributed by atoms with Crippen molar-refractivity contribution in [3.8, 4) is 32.3 Å². The van der Waals surface area contributed by atoms with Crippen molar-refractivity contribution in [1.29, 1.82) is 0 Å². The first-order valence-corrected chi connectivity index (χ1v) is 19.7. The quantitative estimate of drug-likeness (QED) is 0.199. The van der Waals surface area contributed by atoms with Crippen LogP contribution in [0.2, 0.25) is 0 Å². The van der Waals surface area contributed by atoms with Crippen LogP contribution < -0.4 is 0 Å². The van der Waals surface area contributed by atoms with Gasteiger partial charge in [0.2, 0.25) is 0 Å². The standard InChI is InChI=1S/C44H39N3S3/c1-23-24(2)30-22-34(43(3,4)5)49-40(30)39-29(23)21-33(48-39)41-37-38(42(50-41)44(6,7)8)47-36(35(46-37)25-14-10-9-11-15-25)26-18-19-28-27-16-12-13-17-31(27)45-32(28)20-26/h9-22,45H,1-8H3. The van der Waals surface area contributed by atoms with Gasteiger partial charge >= 0.3 is 0 Å². The minimum Gasteiger partial charge on any atom is -0.354 e. The van der Waals surface area contributed by atoms with Crippen molar-refractivity contribution in [3.63, 3.8) is 0 Å². The maximum atomic E-state index is 5.61. The van der Waals surface area contributed by atoms with Crippen LogP contribution in [0.15, 0.2) is 84.9 Å². The van der Waals surface area contributed by atoms with Crippen LogP contribution in [0.25, 0.3) is 85.3 Å². The Kier molecular flexibility index (Phi) is 7.00. The predicted octanol–water partition coefficient (Wildman–Crippen LogP) is 14.0. The van der Waals surface area contributed by atoms with Crippen LogP contribution in [-0.4, -0.2) is 15.0 Å². The normalized spacial score (nSPS) is 12.8. The fraction of sp³-hybridized carbons (Fsp3) is 0.227. The molecule has 9 rings (SSSR count). The fourth-order valence-electron chi connectivity index (χ4n) is 7.19. The van der Waals surface area contributed by atoms with Gasteiger partial charge in [-0.1, -0.05) is 102 Å². The maximum Gasteiger partial charge on any atom is 0.109 e. The van der Waals surface area contributed by atoms with E-state index in [9.17, 15) is 0 Å². The van der Waals surface area contributed by atoms with E-state index >= 15 is 0 Å². The summed E-state index contributed by atoms with van der Waals surface area (Å²) < 4.78 is 2.80. The molecule has 5 aromatic heterocycles. The van der Waals surface area contributed by atoms with Crippen molar-refractivity contribution in [3.05, 3.63) is 106 Å². The van der Waals surface area contributed by atoms with Gasteiger partial charge in [0.25, 0.3) is 0 Å². The van der Waals surface area contributed by atoms with E-state index in [1.165, 1.54) is 61.6 Å². The molecule has 0 amide bonds. The largest absolute Gasteiger partial charge is 0.354 e. The molecular formula is C44H39N3S3. The number of para-hydroxylation sites is 1. The van der Waals surface area contributed by atoms with Crippen LogP contribution in [0.3, 0.4) is 0 Å². The molecular weight excluding hydrogens is 667 g/mol. The molecule has 50 heavy (non-hydrogen) atoms. The average molecular weight is 706 g/mol. The molecule has 0 saturated carbocycles.